The summed E-state index contributed by atoms with van der Waals surface area (Å²) in [6, 6.07) is -0.631. The van der Waals surface area contributed by atoms with Crippen LogP contribution < -0.4 is 16.0 Å². The number of urea groups is 1. The lowest BCUT2D eigenvalue weighted by Crippen LogP contribution is -2.44. The molecule has 0 saturated heterocycles. The van der Waals surface area contributed by atoms with E-state index < -0.39 is 0 Å². The van der Waals surface area contributed by atoms with Crippen molar-refractivity contribution in [2.75, 3.05) is 13.1 Å². The summed E-state index contributed by atoms with van der Waals surface area (Å²) in [5.41, 5.74) is 0. The number of terminal acetylenes is 1. The van der Waals surface area contributed by atoms with Crippen LogP contribution in [0.2, 0.25) is 0 Å². The maximum Gasteiger partial charge on any atom is 0.315 e. The number of hydrogen-bond acceptors (Lipinski definition) is 2. The van der Waals surface area contributed by atoms with Crippen molar-refractivity contribution in [2.24, 2.45) is 5.92 Å². The molecule has 0 aromatic rings. The Kier molecular flexibility index (Phi) is 8.46. The van der Waals surface area contributed by atoms with Crippen molar-refractivity contribution >= 4 is 11.9 Å². The molecule has 5 heteroatoms. The molecule has 0 fully saturated rings. The van der Waals surface area contributed by atoms with Crippen LogP contribution >= 0.6 is 0 Å². The Morgan fingerprint density at radius 3 is 2.39 bits per heavy atom. The van der Waals surface area contributed by atoms with Gasteiger partial charge in [-0.3, -0.25) is 4.79 Å². The Hall–Kier alpha value is -1.70. The van der Waals surface area contributed by atoms with Crippen molar-refractivity contribution < 1.29 is 9.59 Å². The second-order valence-electron chi connectivity index (χ2n) is 4.39. The second-order valence-corrected chi connectivity index (χ2v) is 4.39. The molecule has 0 radical (unpaired) electrons. The molecule has 1 unspecified atom stereocenters. The molecule has 0 rings (SSSR count). The summed E-state index contributed by atoms with van der Waals surface area (Å²) in [6.07, 6.45) is 6.47. The van der Waals surface area contributed by atoms with Gasteiger partial charge in [-0.1, -0.05) is 26.7 Å². The standard InChI is InChI=1S/C13H23N3O2/c1-5-8-14-12(17)7-9-15-13(18)16-11(6-2)10(3)4/h2,10-11H,5,7-9H2,1,3-4H3,(H,14,17)(H2,15,16,18). The first-order chi connectivity index (χ1) is 8.51. The fourth-order valence-electron chi connectivity index (χ4n) is 1.24. The topological polar surface area (TPSA) is 70.2 Å². The normalized spacial score (nSPS) is 11.5. The molecule has 0 heterocycles. The first-order valence-electron chi connectivity index (χ1n) is 6.28. The lowest BCUT2D eigenvalue weighted by Gasteiger charge is -2.16. The molecule has 0 aliphatic carbocycles. The molecule has 0 saturated carbocycles. The van der Waals surface area contributed by atoms with Crippen LogP contribution in [0.4, 0.5) is 4.79 Å². The summed E-state index contributed by atoms with van der Waals surface area (Å²) in [6.45, 7) is 6.82. The van der Waals surface area contributed by atoms with Crippen molar-refractivity contribution in [1.29, 1.82) is 0 Å². The van der Waals surface area contributed by atoms with E-state index >= 15 is 0 Å². The van der Waals surface area contributed by atoms with Gasteiger partial charge in [0.2, 0.25) is 5.91 Å². The Balaban J connectivity index is 3.78. The van der Waals surface area contributed by atoms with E-state index in [-0.39, 0.29) is 30.3 Å². The highest BCUT2D eigenvalue weighted by molar-refractivity contribution is 5.78. The van der Waals surface area contributed by atoms with Gasteiger partial charge in [0.05, 0.1) is 6.04 Å². The summed E-state index contributed by atoms with van der Waals surface area (Å²) in [7, 11) is 0. The Labute approximate surface area is 109 Å². The SMILES string of the molecule is C#CC(NC(=O)NCCC(=O)NCCC)C(C)C. The molecule has 0 spiro atoms. The zero-order valence-corrected chi connectivity index (χ0v) is 11.4. The Morgan fingerprint density at radius 1 is 1.22 bits per heavy atom. The fourth-order valence-corrected chi connectivity index (χ4v) is 1.24. The average molecular weight is 253 g/mol. The van der Waals surface area contributed by atoms with Gasteiger partial charge in [-0.2, -0.15) is 0 Å². The number of amides is 3. The summed E-state index contributed by atoms with van der Waals surface area (Å²) in [5, 5.41) is 8.00. The lowest BCUT2D eigenvalue weighted by molar-refractivity contribution is -0.120. The summed E-state index contributed by atoms with van der Waals surface area (Å²) < 4.78 is 0. The van der Waals surface area contributed by atoms with Gasteiger partial charge in [-0.15, -0.1) is 6.42 Å². The van der Waals surface area contributed by atoms with Gasteiger partial charge < -0.3 is 16.0 Å². The molecule has 3 amide bonds. The molecule has 1 atom stereocenters. The van der Waals surface area contributed by atoms with E-state index in [9.17, 15) is 9.59 Å². The van der Waals surface area contributed by atoms with Crippen molar-refractivity contribution in [3.63, 3.8) is 0 Å². The van der Waals surface area contributed by atoms with E-state index in [2.05, 4.69) is 21.9 Å². The van der Waals surface area contributed by atoms with E-state index in [1.165, 1.54) is 0 Å². The summed E-state index contributed by atoms with van der Waals surface area (Å²) >= 11 is 0. The minimum absolute atomic E-state index is 0.0606. The molecule has 102 valence electrons. The van der Waals surface area contributed by atoms with E-state index in [1.54, 1.807) is 0 Å². The van der Waals surface area contributed by atoms with Gasteiger partial charge in [0.15, 0.2) is 0 Å². The van der Waals surface area contributed by atoms with Gasteiger partial charge >= 0.3 is 6.03 Å². The van der Waals surface area contributed by atoms with Crippen molar-refractivity contribution in [3.8, 4) is 12.3 Å². The predicted molar refractivity (Wildman–Crippen MR) is 71.9 cm³/mol. The van der Waals surface area contributed by atoms with E-state index in [4.69, 9.17) is 6.42 Å². The third-order valence-electron chi connectivity index (χ3n) is 2.34. The molecular formula is C13H23N3O2. The van der Waals surface area contributed by atoms with Crippen LogP contribution in [-0.2, 0) is 4.79 Å². The zero-order chi connectivity index (χ0) is 14.0. The Morgan fingerprint density at radius 2 is 1.89 bits per heavy atom. The van der Waals surface area contributed by atoms with Crippen LogP contribution in [0.1, 0.15) is 33.6 Å². The maximum absolute atomic E-state index is 11.5. The van der Waals surface area contributed by atoms with Crippen LogP contribution in [0.25, 0.3) is 0 Å². The average Bonchev–Trinajstić information content (AvgIpc) is 2.33. The minimum atomic E-state index is -0.338. The summed E-state index contributed by atoms with van der Waals surface area (Å²) in [4.78, 5) is 22.7. The van der Waals surface area contributed by atoms with Gasteiger partial charge in [0, 0.05) is 19.5 Å². The monoisotopic (exact) mass is 253 g/mol. The highest BCUT2D eigenvalue weighted by Crippen LogP contribution is 1.98. The number of rotatable bonds is 7. The van der Waals surface area contributed by atoms with Crippen molar-refractivity contribution in [3.05, 3.63) is 0 Å². The van der Waals surface area contributed by atoms with E-state index in [0.29, 0.717) is 13.1 Å². The molecule has 0 aromatic carbocycles. The van der Waals surface area contributed by atoms with Gasteiger partial charge in [0.25, 0.3) is 0 Å². The molecule has 0 aliphatic rings. The van der Waals surface area contributed by atoms with Crippen molar-refractivity contribution in [2.45, 2.75) is 39.7 Å². The molecule has 0 aliphatic heterocycles. The largest absolute Gasteiger partial charge is 0.356 e. The van der Waals surface area contributed by atoms with E-state index in [0.717, 1.165) is 6.42 Å². The first-order valence-corrected chi connectivity index (χ1v) is 6.28. The molecule has 0 bridgehead atoms. The molecule has 3 N–H and O–H groups in total. The maximum atomic E-state index is 11.5. The van der Waals surface area contributed by atoms with Crippen molar-refractivity contribution in [1.82, 2.24) is 16.0 Å². The first kappa shape index (κ1) is 16.3. The van der Waals surface area contributed by atoms with Gasteiger partial charge in [0.1, 0.15) is 0 Å². The molecular weight excluding hydrogens is 230 g/mol. The lowest BCUT2D eigenvalue weighted by atomic mass is 10.1. The molecule has 18 heavy (non-hydrogen) atoms. The quantitative estimate of drug-likeness (QED) is 0.589. The van der Waals surface area contributed by atoms with Crippen LogP contribution in [0.3, 0.4) is 0 Å². The highest BCUT2D eigenvalue weighted by atomic mass is 16.2. The smallest absolute Gasteiger partial charge is 0.315 e. The van der Waals surface area contributed by atoms with E-state index in [1.807, 2.05) is 20.8 Å². The van der Waals surface area contributed by atoms with Gasteiger partial charge in [-0.05, 0) is 12.3 Å². The van der Waals surface area contributed by atoms with Crippen LogP contribution in [0, 0.1) is 18.3 Å². The third-order valence-corrected chi connectivity index (χ3v) is 2.34. The second kappa shape index (κ2) is 9.34. The minimum Gasteiger partial charge on any atom is -0.356 e. The molecule has 0 aromatic heterocycles. The fraction of sp³-hybridized carbons (Fsp3) is 0.692. The van der Waals surface area contributed by atoms with Gasteiger partial charge in [-0.25, -0.2) is 4.79 Å². The summed E-state index contributed by atoms with van der Waals surface area (Å²) in [5.74, 6) is 2.62. The Bertz CT molecular complexity index is 308. The number of carbonyl (C=O) groups excluding carboxylic acids is 2. The number of hydrogen-bond donors (Lipinski definition) is 3. The molecule has 5 nitrogen and oxygen atoms in total. The van der Waals surface area contributed by atoms with Crippen LogP contribution in [-0.4, -0.2) is 31.1 Å². The highest BCUT2D eigenvalue weighted by Gasteiger charge is 2.12. The third kappa shape index (κ3) is 7.55. The number of carbonyl (C=O) groups is 2. The number of nitrogens with one attached hydrogen (secondary N) is 3. The predicted octanol–water partition coefficient (Wildman–Crippen LogP) is 0.860. The van der Waals surface area contributed by atoms with Crippen LogP contribution in [0.15, 0.2) is 0 Å². The zero-order valence-electron chi connectivity index (χ0n) is 11.4. The van der Waals surface area contributed by atoms with Crippen LogP contribution in [0.5, 0.6) is 0 Å².